The van der Waals surface area contributed by atoms with E-state index in [4.69, 9.17) is 14.2 Å². The van der Waals surface area contributed by atoms with Crippen molar-refractivity contribution in [2.24, 2.45) is 17.8 Å². The molecule has 3 aliphatic rings. The Kier molecular flexibility index (Phi) is 6.11. The summed E-state index contributed by atoms with van der Waals surface area (Å²) < 4.78 is 16.3. The van der Waals surface area contributed by atoms with Gasteiger partial charge in [0.05, 0.1) is 24.9 Å². The van der Waals surface area contributed by atoms with E-state index in [1.54, 1.807) is 4.90 Å². The Morgan fingerprint density at radius 3 is 2.60 bits per heavy atom. The number of nitrogens with zero attached hydrogens (tertiary/aromatic N) is 1. The molecule has 1 saturated heterocycles. The van der Waals surface area contributed by atoms with Crippen LogP contribution in [0.15, 0.2) is 53.8 Å². The third-order valence-corrected chi connectivity index (χ3v) is 6.55. The molecule has 1 aliphatic carbocycles. The fourth-order valence-electron chi connectivity index (χ4n) is 4.81. The Morgan fingerprint density at radius 1 is 1.17 bits per heavy atom. The minimum Gasteiger partial charge on any atom is -0.466 e. The van der Waals surface area contributed by atoms with Gasteiger partial charge < -0.3 is 19.1 Å². The van der Waals surface area contributed by atoms with E-state index in [2.05, 4.69) is 30.3 Å². The highest BCUT2D eigenvalue weighted by atomic mass is 16.7. The number of piperidine rings is 1. The van der Waals surface area contributed by atoms with Crippen LogP contribution in [0.2, 0.25) is 0 Å². The Labute approximate surface area is 177 Å². The first kappa shape index (κ1) is 20.5. The van der Waals surface area contributed by atoms with Gasteiger partial charge in [-0.25, -0.2) is 9.59 Å². The Balaban J connectivity index is 1.33. The van der Waals surface area contributed by atoms with Gasteiger partial charge in [-0.05, 0) is 44.1 Å². The largest absolute Gasteiger partial charge is 0.466 e. The fourth-order valence-corrected chi connectivity index (χ4v) is 4.81. The van der Waals surface area contributed by atoms with E-state index < -0.39 is 12.3 Å². The number of likely N-dealkylation sites (tertiary alicyclic amines) is 1. The number of hydrogen-bond acceptors (Lipinski definition) is 5. The predicted octanol–water partition coefficient (Wildman–Crippen LogP) is 4.07. The van der Waals surface area contributed by atoms with Crippen molar-refractivity contribution < 1.29 is 23.8 Å². The van der Waals surface area contributed by atoms with Crippen molar-refractivity contribution in [1.82, 2.24) is 4.90 Å². The van der Waals surface area contributed by atoms with Gasteiger partial charge >= 0.3 is 12.1 Å². The van der Waals surface area contributed by atoms with Gasteiger partial charge in [-0.15, -0.1) is 0 Å². The molecular formula is C24H29NO5. The van der Waals surface area contributed by atoms with Crippen LogP contribution < -0.4 is 0 Å². The second-order valence-electron chi connectivity index (χ2n) is 8.39. The molecule has 0 radical (unpaired) electrons. The van der Waals surface area contributed by atoms with Crippen LogP contribution in [0.5, 0.6) is 0 Å². The molecule has 1 aromatic carbocycles. The number of esters is 1. The van der Waals surface area contributed by atoms with Crippen molar-refractivity contribution in [3.63, 3.8) is 0 Å². The molecule has 1 fully saturated rings. The predicted molar refractivity (Wildman–Crippen MR) is 111 cm³/mol. The first-order chi connectivity index (χ1) is 14.6. The summed E-state index contributed by atoms with van der Waals surface area (Å²) in [6.07, 6.45) is 6.13. The lowest BCUT2D eigenvalue weighted by atomic mass is 9.84. The number of allylic oxidation sites excluding steroid dienone is 1. The zero-order valence-electron chi connectivity index (χ0n) is 17.6. The molecule has 0 saturated carbocycles. The van der Waals surface area contributed by atoms with E-state index in [0.717, 1.165) is 31.3 Å². The molecular weight excluding hydrogens is 382 g/mol. The topological polar surface area (TPSA) is 65.1 Å². The Bertz CT molecular complexity index is 838. The lowest BCUT2D eigenvalue weighted by Crippen LogP contribution is -2.44. The summed E-state index contributed by atoms with van der Waals surface area (Å²) >= 11 is 0. The molecule has 0 bridgehead atoms. The first-order valence-electron chi connectivity index (χ1n) is 10.7. The molecule has 2 heterocycles. The van der Waals surface area contributed by atoms with Crippen LogP contribution in [0.3, 0.4) is 0 Å². The number of fused-ring (bicyclic) bond motifs is 1. The van der Waals surface area contributed by atoms with Crippen molar-refractivity contribution in [2.75, 3.05) is 20.2 Å². The normalized spacial score (nSPS) is 26.2. The smallest absolute Gasteiger partial charge is 0.412 e. The molecule has 160 valence electrons. The van der Waals surface area contributed by atoms with E-state index >= 15 is 0 Å². The molecule has 30 heavy (non-hydrogen) atoms. The average Bonchev–Trinajstić information content (AvgIpc) is 3.17. The molecule has 0 aromatic heterocycles. The van der Waals surface area contributed by atoms with Crippen LogP contribution in [0, 0.1) is 17.8 Å². The molecule has 0 N–H and O–H groups in total. The number of hydrogen-bond donors (Lipinski definition) is 0. The summed E-state index contributed by atoms with van der Waals surface area (Å²) in [4.78, 5) is 26.6. The van der Waals surface area contributed by atoms with E-state index in [-0.39, 0.29) is 17.9 Å². The maximum absolute atomic E-state index is 12.8. The van der Waals surface area contributed by atoms with Crippen LogP contribution in [-0.2, 0) is 25.4 Å². The number of benzene rings is 1. The molecule has 2 aliphatic heterocycles. The van der Waals surface area contributed by atoms with Crippen molar-refractivity contribution >= 4 is 12.1 Å². The highest BCUT2D eigenvalue weighted by Gasteiger charge is 2.45. The lowest BCUT2D eigenvalue weighted by molar-refractivity contribution is -0.142. The second-order valence-corrected chi connectivity index (χ2v) is 8.39. The number of rotatable bonds is 4. The van der Waals surface area contributed by atoms with Gasteiger partial charge in [0.2, 0.25) is 0 Å². The van der Waals surface area contributed by atoms with Crippen LogP contribution in [0.1, 0.15) is 31.7 Å². The number of carbonyl (C=O) groups excluding carboxylic acids is 2. The van der Waals surface area contributed by atoms with E-state index in [1.807, 2.05) is 13.0 Å². The zero-order chi connectivity index (χ0) is 21.1. The summed E-state index contributed by atoms with van der Waals surface area (Å²) in [5, 5.41) is 0. The third-order valence-electron chi connectivity index (χ3n) is 6.55. The summed E-state index contributed by atoms with van der Waals surface area (Å²) in [5.41, 5.74) is 2.93. The second kappa shape index (κ2) is 8.94. The maximum Gasteiger partial charge on any atom is 0.412 e. The van der Waals surface area contributed by atoms with E-state index in [1.165, 1.54) is 18.9 Å². The SMILES string of the molecule is COC(=O)C1=COC(OC(=O)N2CCC(Cc3ccccc3)CC2)C2C(C)=CCC12. The van der Waals surface area contributed by atoms with Gasteiger partial charge in [0.15, 0.2) is 0 Å². The molecule has 0 spiro atoms. The summed E-state index contributed by atoms with van der Waals surface area (Å²) in [6, 6.07) is 10.5. The number of methoxy groups -OCH3 is 1. The van der Waals surface area contributed by atoms with Gasteiger partial charge in [0, 0.05) is 19.0 Å². The van der Waals surface area contributed by atoms with Gasteiger partial charge in [0.25, 0.3) is 6.29 Å². The fraction of sp³-hybridized carbons (Fsp3) is 0.500. The first-order valence-corrected chi connectivity index (χ1v) is 10.7. The van der Waals surface area contributed by atoms with Crippen LogP contribution in [-0.4, -0.2) is 43.5 Å². The lowest BCUT2D eigenvalue weighted by Gasteiger charge is -2.36. The summed E-state index contributed by atoms with van der Waals surface area (Å²) in [6.45, 7) is 3.37. The zero-order valence-corrected chi connectivity index (χ0v) is 17.6. The molecule has 1 amide bonds. The molecule has 3 atom stereocenters. The van der Waals surface area contributed by atoms with Gasteiger partial charge in [-0.3, -0.25) is 0 Å². The molecule has 6 heteroatoms. The average molecular weight is 411 g/mol. The third kappa shape index (κ3) is 4.23. The summed E-state index contributed by atoms with van der Waals surface area (Å²) in [5.74, 6) is -0.0278. The molecule has 3 unspecified atom stereocenters. The minimum absolute atomic E-state index is 0.0689. The van der Waals surface area contributed by atoms with Crippen molar-refractivity contribution in [2.45, 2.75) is 38.9 Å². The van der Waals surface area contributed by atoms with Crippen LogP contribution in [0.25, 0.3) is 0 Å². The van der Waals surface area contributed by atoms with Crippen LogP contribution >= 0.6 is 0 Å². The number of ether oxygens (including phenoxy) is 3. The van der Waals surface area contributed by atoms with Gasteiger partial charge in [-0.1, -0.05) is 42.0 Å². The van der Waals surface area contributed by atoms with Crippen molar-refractivity contribution in [3.05, 3.63) is 59.4 Å². The standard InChI is InChI=1S/C24H29NO5/c1-16-8-9-19-20(22(26)28-2)15-29-23(21(16)19)30-24(27)25-12-10-18(11-13-25)14-17-6-4-3-5-7-17/h3-8,15,18-19,21,23H,9-14H2,1-2H3. The highest BCUT2D eigenvalue weighted by molar-refractivity contribution is 5.89. The van der Waals surface area contributed by atoms with Crippen molar-refractivity contribution in [1.29, 1.82) is 0 Å². The minimum atomic E-state index is -0.711. The molecule has 1 aromatic rings. The number of amides is 1. The number of carbonyl (C=O) groups is 2. The Morgan fingerprint density at radius 2 is 1.90 bits per heavy atom. The van der Waals surface area contributed by atoms with Crippen LogP contribution in [0.4, 0.5) is 4.79 Å². The van der Waals surface area contributed by atoms with Crippen molar-refractivity contribution in [3.8, 4) is 0 Å². The summed E-state index contributed by atoms with van der Waals surface area (Å²) in [7, 11) is 1.36. The van der Waals surface area contributed by atoms with Gasteiger partial charge in [0.1, 0.15) is 0 Å². The Hall–Kier alpha value is -2.76. The maximum atomic E-state index is 12.8. The molecule has 4 rings (SSSR count). The quantitative estimate of drug-likeness (QED) is 0.552. The molecule has 6 nitrogen and oxygen atoms in total. The van der Waals surface area contributed by atoms with Gasteiger partial charge in [-0.2, -0.15) is 0 Å². The van der Waals surface area contributed by atoms with E-state index in [9.17, 15) is 9.59 Å². The van der Waals surface area contributed by atoms with E-state index in [0.29, 0.717) is 24.6 Å². The highest BCUT2D eigenvalue weighted by Crippen LogP contribution is 2.43. The monoisotopic (exact) mass is 411 g/mol.